The smallest absolute Gasteiger partial charge is 0.330 e. The van der Waals surface area contributed by atoms with Crippen molar-refractivity contribution in [3.8, 4) is 0 Å². The highest BCUT2D eigenvalue weighted by atomic mass is 32.2. The number of benzene rings is 1. The van der Waals surface area contributed by atoms with Gasteiger partial charge in [-0.15, -0.1) is 0 Å². The summed E-state index contributed by atoms with van der Waals surface area (Å²) in [7, 11) is 3.48. The van der Waals surface area contributed by atoms with Crippen LogP contribution in [0.2, 0.25) is 0 Å². The van der Waals surface area contributed by atoms with Crippen LogP contribution in [0.25, 0.3) is 0 Å². The minimum atomic E-state index is -0.396. The van der Waals surface area contributed by atoms with E-state index in [2.05, 4.69) is 23.6 Å². The summed E-state index contributed by atoms with van der Waals surface area (Å²) in [5.41, 5.74) is 1.70. The van der Waals surface area contributed by atoms with E-state index in [4.69, 9.17) is 17.0 Å². The van der Waals surface area contributed by atoms with Gasteiger partial charge in [0.15, 0.2) is 5.11 Å². The monoisotopic (exact) mass is 429 g/mol. The van der Waals surface area contributed by atoms with Gasteiger partial charge in [-0.3, -0.25) is 9.69 Å². The number of unbranched alkanes of at least 4 members (excludes halogenated alkanes) is 1. The molecule has 1 amide bonds. The number of carbonyl (C=O) groups excluding carboxylic acids is 2. The molecule has 3 rings (SSSR count). The number of thioether (sulfide) groups is 1. The SMILES string of the molecule is C=CC(=O)OCCCCN1/C(=C\C=C2/C(=O)N(C)C(=S)N2C)Sc2ccccc21. The molecule has 152 valence electrons. The highest BCUT2D eigenvalue weighted by Gasteiger charge is 2.32. The average Bonchev–Trinajstić information content (AvgIpc) is 3.17. The Bertz CT molecular complexity index is 910. The lowest BCUT2D eigenvalue weighted by atomic mass is 10.2. The number of thiocarbonyl (C=S) groups is 1. The maximum Gasteiger partial charge on any atom is 0.330 e. The largest absolute Gasteiger partial charge is 0.463 e. The van der Waals surface area contributed by atoms with Crippen LogP contribution in [0.4, 0.5) is 5.69 Å². The lowest BCUT2D eigenvalue weighted by molar-refractivity contribution is -0.137. The number of hydrogen-bond acceptors (Lipinski definition) is 6. The van der Waals surface area contributed by atoms with Gasteiger partial charge in [0.25, 0.3) is 5.91 Å². The van der Waals surface area contributed by atoms with Gasteiger partial charge in [0.1, 0.15) is 5.70 Å². The molecule has 1 aromatic rings. The number of carbonyl (C=O) groups is 2. The number of nitrogens with zero attached hydrogens (tertiary/aromatic N) is 3. The molecule has 0 saturated carbocycles. The predicted octanol–water partition coefficient (Wildman–Crippen LogP) is 3.52. The van der Waals surface area contributed by atoms with E-state index in [0.29, 0.717) is 17.4 Å². The first-order chi connectivity index (χ1) is 13.9. The van der Waals surface area contributed by atoms with Crippen LogP contribution in [0, 0.1) is 0 Å². The highest BCUT2D eigenvalue weighted by Crippen LogP contribution is 2.45. The molecule has 0 spiro atoms. The molecule has 2 aliphatic heterocycles. The normalized spacial score (nSPS) is 18.8. The van der Waals surface area contributed by atoms with E-state index in [-0.39, 0.29) is 5.91 Å². The van der Waals surface area contributed by atoms with Crippen molar-refractivity contribution in [2.75, 3.05) is 32.1 Å². The van der Waals surface area contributed by atoms with Gasteiger partial charge in [0, 0.05) is 31.6 Å². The Hall–Kier alpha value is -2.58. The fourth-order valence-electron chi connectivity index (χ4n) is 3.07. The summed E-state index contributed by atoms with van der Waals surface area (Å²) in [6, 6.07) is 8.20. The standard InChI is InChI=1S/C21H23N3O3S2/c1-4-19(25)27-14-8-7-13-24-15-9-5-6-10-17(15)29-18(24)12-11-16-20(26)23(3)21(28)22(16)2/h4-6,9-12H,1,7-8,13-14H2,2-3H3/b16-11+,18-12+. The molecule has 0 N–H and O–H groups in total. The Morgan fingerprint density at radius 1 is 1.21 bits per heavy atom. The Balaban J connectivity index is 1.73. The van der Waals surface area contributed by atoms with Crippen LogP contribution in [-0.4, -0.2) is 54.0 Å². The molecule has 1 fully saturated rings. The van der Waals surface area contributed by atoms with E-state index >= 15 is 0 Å². The van der Waals surface area contributed by atoms with Gasteiger partial charge < -0.3 is 14.5 Å². The Morgan fingerprint density at radius 3 is 2.66 bits per heavy atom. The van der Waals surface area contributed by atoms with Crippen LogP contribution >= 0.6 is 24.0 Å². The number of amides is 1. The van der Waals surface area contributed by atoms with Crippen LogP contribution in [0.1, 0.15) is 12.8 Å². The summed E-state index contributed by atoms with van der Waals surface area (Å²) < 4.78 is 5.05. The van der Waals surface area contributed by atoms with E-state index in [9.17, 15) is 9.59 Å². The molecule has 0 atom stereocenters. The number of likely N-dealkylation sites (N-methyl/N-ethyl adjacent to an activating group) is 2. The molecule has 1 saturated heterocycles. The van der Waals surface area contributed by atoms with Crippen molar-refractivity contribution in [1.82, 2.24) is 9.80 Å². The fraction of sp³-hybridized carbons (Fsp3) is 0.286. The third-order valence-corrected chi connectivity index (χ3v) is 6.34. The second-order valence-electron chi connectivity index (χ2n) is 6.56. The lowest BCUT2D eigenvalue weighted by Gasteiger charge is -2.20. The summed E-state index contributed by atoms with van der Waals surface area (Å²) in [6.07, 6.45) is 6.59. The molecular formula is C21H23N3O3S2. The van der Waals surface area contributed by atoms with Gasteiger partial charge in [0.2, 0.25) is 0 Å². The van der Waals surface area contributed by atoms with Crippen molar-refractivity contribution in [1.29, 1.82) is 0 Å². The van der Waals surface area contributed by atoms with E-state index in [0.717, 1.165) is 30.1 Å². The molecule has 29 heavy (non-hydrogen) atoms. The Labute approximate surface area is 180 Å². The molecule has 2 aliphatic rings. The summed E-state index contributed by atoms with van der Waals surface area (Å²) in [6.45, 7) is 4.55. The molecule has 0 bridgehead atoms. The zero-order valence-electron chi connectivity index (χ0n) is 16.5. The summed E-state index contributed by atoms with van der Waals surface area (Å²) in [5.74, 6) is -0.502. The van der Waals surface area contributed by atoms with Crippen molar-refractivity contribution >= 4 is 46.7 Å². The summed E-state index contributed by atoms with van der Waals surface area (Å²) in [5, 5.41) is 1.54. The first kappa shape index (κ1) is 21.1. The Kier molecular flexibility index (Phi) is 6.76. The second kappa shape index (κ2) is 9.28. The minimum absolute atomic E-state index is 0.106. The van der Waals surface area contributed by atoms with E-state index < -0.39 is 5.97 Å². The maximum atomic E-state index is 12.4. The van der Waals surface area contributed by atoms with Gasteiger partial charge in [-0.05, 0) is 49.3 Å². The predicted molar refractivity (Wildman–Crippen MR) is 119 cm³/mol. The number of fused-ring (bicyclic) bond motifs is 1. The minimum Gasteiger partial charge on any atom is -0.463 e. The second-order valence-corrected chi connectivity index (χ2v) is 7.99. The van der Waals surface area contributed by atoms with Gasteiger partial charge in [-0.2, -0.15) is 0 Å². The molecule has 6 nitrogen and oxygen atoms in total. The van der Waals surface area contributed by atoms with Crippen LogP contribution in [-0.2, 0) is 14.3 Å². The lowest BCUT2D eigenvalue weighted by Crippen LogP contribution is -2.26. The van der Waals surface area contributed by atoms with E-state index in [1.807, 2.05) is 24.3 Å². The van der Waals surface area contributed by atoms with Gasteiger partial charge >= 0.3 is 5.97 Å². The molecule has 0 aromatic heterocycles. The fourth-order valence-corrected chi connectivity index (χ4v) is 4.35. The molecular weight excluding hydrogens is 406 g/mol. The van der Waals surface area contributed by atoms with E-state index in [1.54, 1.807) is 30.8 Å². The van der Waals surface area contributed by atoms with Crippen molar-refractivity contribution in [2.45, 2.75) is 17.7 Å². The zero-order chi connectivity index (χ0) is 21.0. The first-order valence-electron chi connectivity index (χ1n) is 9.25. The quantitative estimate of drug-likeness (QED) is 0.284. The van der Waals surface area contributed by atoms with Crippen LogP contribution < -0.4 is 4.90 Å². The molecule has 2 heterocycles. The van der Waals surface area contributed by atoms with Gasteiger partial charge in [0.05, 0.1) is 17.3 Å². The number of allylic oxidation sites excluding steroid dienone is 2. The highest BCUT2D eigenvalue weighted by molar-refractivity contribution is 8.03. The van der Waals surface area contributed by atoms with Crippen molar-refractivity contribution in [3.63, 3.8) is 0 Å². The van der Waals surface area contributed by atoms with Gasteiger partial charge in [-0.25, -0.2) is 4.79 Å². The topological polar surface area (TPSA) is 53.1 Å². The maximum absolute atomic E-state index is 12.4. The average molecular weight is 430 g/mol. The molecule has 0 unspecified atom stereocenters. The number of para-hydroxylation sites is 1. The van der Waals surface area contributed by atoms with Crippen molar-refractivity contribution in [2.24, 2.45) is 0 Å². The van der Waals surface area contributed by atoms with Crippen molar-refractivity contribution < 1.29 is 14.3 Å². The van der Waals surface area contributed by atoms with Crippen LogP contribution in [0.3, 0.4) is 0 Å². The summed E-state index contributed by atoms with van der Waals surface area (Å²) >= 11 is 6.94. The molecule has 8 heteroatoms. The number of esters is 1. The Morgan fingerprint density at radius 2 is 1.97 bits per heavy atom. The summed E-state index contributed by atoms with van der Waals surface area (Å²) in [4.78, 5) is 30.1. The molecule has 0 radical (unpaired) electrons. The third-order valence-electron chi connectivity index (χ3n) is 4.67. The first-order valence-corrected chi connectivity index (χ1v) is 10.5. The number of anilines is 1. The van der Waals surface area contributed by atoms with E-state index in [1.165, 1.54) is 15.9 Å². The molecule has 1 aromatic carbocycles. The third kappa shape index (κ3) is 4.54. The number of hydrogen-bond donors (Lipinski definition) is 0. The molecule has 0 aliphatic carbocycles. The van der Waals surface area contributed by atoms with Gasteiger partial charge in [-0.1, -0.05) is 30.5 Å². The number of rotatable bonds is 7. The van der Waals surface area contributed by atoms with Crippen LogP contribution in [0.15, 0.2) is 64.7 Å². The van der Waals surface area contributed by atoms with Crippen molar-refractivity contribution in [3.05, 3.63) is 59.8 Å². The zero-order valence-corrected chi connectivity index (χ0v) is 18.1. The number of ether oxygens (including phenoxy) is 1. The van der Waals surface area contributed by atoms with Crippen LogP contribution in [0.5, 0.6) is 0 Å².